The van der Waals surface area contributed by atoms with Gasteiger partial charge in [0.15, 0.2) is 16.9 Å². The van der Waals surface area contributed by atoms with Gasteiger partial charge in [0.2, 0.25) is 5.95 Å². The summed E-state index contributed by atoms with van der Waals surface area (Å²) in [5, 5.41) is 25.9. The van der Waals surface area contributed by atoms with Crippen LogP contribution >= 0.6 is 19.2 Å². The zero-order chi connectivity index (χ0) is 22.6. The van der Waals surface area contributed by atoms with Crippen LogP contribution in [0.5, 0.6) is 0 Å². The first-order valence-corrected chi connectivity index (χ1v) is 11.4. The van der Waals surface area contributed by atoms with Gasteiger partial charge < -0.3 is 30.1 Å². The number of nitrogens with one attached hydrogen (secondary N) is 2. The minimum absolute atomic E-state index is 0.0194. The predicted molar refractivity (Wildman–Crippen MR) is 109 cm³/mol. The number of aliphatic hydroxyl groups excluding tert-OH is 2. The van der Waals surface area contributed by atoms with Crippen LogP contribution in [-0.2, 0) is 19.6 Å². The summed E-state index contributed by atoms with van der Waals surface area (Å²) in [4.78, 5) is 42.3. The predicted octanol–water partition coefficient (Wildman–Crippen LogP) is 0.136. The van der Waals surface area contributed by atoms with E-state index in [1.54, 1.807) is 0 Å². The van der Waals surface area contributed by atoms with Crippen molar-refractivity contribution in [3.8, 4) is 0 Å². The Kier molecular flexibility index (Phi) is 5.52. The Bertz CT molecular complexity index is 1220. The summed E-state index contributed by atoms with van der Waals surface area (Å²) in [5.74, 6) is 0.138. The van der Waals surface area contributed by atoms with Gasteiger partial charge in [0.1, 0.15) is 18.3 Å². The molecular weight excluding hydrogens is 453 g/mol. The second kappa shape index (κ2) is 7.76. The highest BCUT2D eigenvalue weighted by Gasteiger charge is 2.53. The van der Waals surface area contributed by atoms with Crippen molar-refractivity contribution in [1.29, 1.82) is 0 Å². The summed E-state index contributed by atoms with van der Waals surface area (Å²) in [6, 6.07) is 1.83. The number of aromatic nitrogens is 4. The summed E-state index contributed by atoms with van der Waals surface area (Å²) in [7, 11) is -4.81. The summed E-state index contributed by atoms with van der Waals surface area (Å²) >= 11 is 1.51. The summed E-state index contributed by atoms with van der Waals surface area (Å²) < 4.78 is 22.4. The molecule has 3 aromatic rings. The highest BCUT2D eigenvalue weighted by Crippen LogP contribution is 2.41. The van der Waals surface area contributed by atoms with Crippen molar-refractivity contribution in [3.05, 3.63) is 33.0 Å². The Morgan fingerprint density at radius 3 is 2.84 bits per heavy atom. The smallest absolute Gasteiger partial charge is 0.387 e. The molecule has 0 amide bonds. The van der Waals surface area contributed by atoms with Crippen LogP contribution in [0.4, 0.5) is 11.6 Å². The van der Waals surface area contributed by atoms with E-state index in [2.05, 4.69) is 24.8 Å². The molecule has 0 aromatic carbocycles. The van der Waals surface area contributed by atoms with Gasteiger partial charge in [0.05, 0.1) is 18.6 Å². The van der Waals surface area contributed by atoms with E-state index in [1.165, 1.54) is 29.2 Å². The molecule has 168 valence electrons. The fourth-order valence-corrected chi connectivity index (χ4v) is 4.40. The number of ether oxygens (including phenoxy) is 1. The fourth-order valence-electron chi connectivity index (χ4n) is 3.40. The third-order valence-electron chi connectivity index (χ3n) is 5.05. The topological polar surface area (TPSA) is 192 Å². The normalized spacial score (nSPS) is 26.6. The minimum atomic E-state index is -4.81. The number of nitrogens with zero attached hydrogens (tertiary/aromatic N) is 3. The number of aromatic amines is 1. The molecule has 31 heavy (non-hydrogen) atoms. The minimum Gasteiger partial charge on any atom is -0.387 e. The average molecular weight is 473 g/mol. The number of fused-ring (bicyclic) bond motifs is 1. The number of hydrogen-bond donors (Lipinski definition) is 6. The van der Waals surface area contributed by atoms with E-state index in [-0.39, 0.29) is 17.1 Å². The second-order valence-corrected chi connectivity index (χ2v) is 9.51. The molecule has 0 spiro atoms. The second-order valence-electron chi connectivity index (χ2n) is 7.15. The lowest BCUT2D eigenvalue weighted by atomic mass is 10.0. The van der Waals surface area contributed by atoms with Crippen LogP contribution in [0.1, 0.15) is 11.8 Å². The number of imidazole rings is 1. The Hall–Kier alpha value is -2.16. The molecule has 3 aromatic heterocycles. The molecule has 4 rings (SSSR count). The SMILES string of the molecule is Cc1sccc1Nc1nc2c(ncn2[C@]2(C)O[C@H](COP(=O)(O)O)[C@@H](O)[C@H]2O)c(=O)[nH]1. The molecular formula is C16H20N5O8PS. The molecule has 0 radical (unpaired) electrons. The van der Waals surface area contributed by atoms with E-state index < -0.39 is 44.0 Å². The highest BCUT2D eigenvalue weighted by atomic mass is 32.1. The van der Waals surface area contributed by atoms with E-state index in [9.17, 15) is 19.6 Å². The molecule has 13 nitrogen and oxygen atoms in total. The van der Waals surface area contributed by atoms with E-state index in [0.717, 1.165) is 10.6 Å². The van der Waals surface area contributed by atoms with Crippen LogP contribution in [0.2, 0.25) is 0 Å². The molecule has 0 unspecified atom stereocenters. The van der Waals surface area contributed by atoms with Crippen molar-refractivity contribution in [3.63, 3.8) is 0 Å². The maximum absolute atomic E-state index is 12.5. The number of rotatable bonds is 6. The Morgan fingerprint density at radius 2 is 2.19 bits per heavy atom. The van der Waals surface area contributed by atoms with Crippen LogP contribution in [0.3, 0.4) is 0 Å². The molecule has 1 aliphatic rings. The molecule has 1 aliphatic heterocycles. The number of hydrogen-bond acceptors (Lipinski definition) is 10. The summed E-state index contributed by atoms with van der Waals surface area (Å²) in [5.41, 5.74) is -1.37. The standard InChI is InChI=1S/C16H20N5O8PS/c1-7-8(3-4-31-7)18-15-19-13-10(14(24)20-15)17-6-21(13)16(2)12(23)11(22)9(29-16)5-28-30(25,26)27/h3-4,6,9,11-12,22-23H,5H2,1-2H3,(H2,25,26,27)(H2,18,19,20,24)/t9-,11-,12-,16-/m1/s1. The van der Waals surface area contributed by atoms with E-state index in [4.69, 9.17) is 14.5 Å². The van der Waals surface area contributed by atoms with Crippen molar-refractivity contribution in [1.82, 2.24) is 19.5 Å². The van der Waals surface area contributed by atoms with Crippen LogP contribution < -0.4 is 10.9 Å². The number of H-pyrrole nitrogens is 1. The van der Waals surface area contributed by atoms with Gasteiger partial charge in [-0.25, -0.2) is 9.55 Å². The van der Waals surface area contributed by atoms with Crippen LogP contribution in [-0.4, -0.2) is 64.4 Å². The number of anilines is 2. The number of aliphatic hydroxyl groups is 2. The molecule has 1 fully saturated rings. The van der Waals surface area contributed by atoms with Crippen LogP contribution in [0.25, 0.3) is 11.2 Å². The maximum atomic E-state index is 12.5. The van der Waals surface area contributed by atoms with Crippen molar-refractivity contribution >= 4 is 42.0 Å². The molecule has 0 bridgehead atoms. The summed E-state index contributed by atoms with van der Waals surface area (Å²) in [6.07, 6.45) is -3.08. The van der Waals surface area contributed by atoms with Gasteiger partial charge in [-0.05, 0) is 25.3 Å². The Morgan fingerprint density at radius 1 is 1.45 bits per heavy atom. The molecule has 0 aliphatic carbocycles. The van der Waals surface area contributed by atoms with Crippen LogP contribution in [0.15, 0.2) is 22.6 Å². The van der Waals surface area contributed by atoms with Crippen LogP contribution in [0, 0.1) is 6.92 Å². The van der Waals surface area contributed by atoms with Crippen molar-refractivity contribution in [2.45, 2.75) is 37.9 Å². The monoisotopic (exact) mass is 473 g/mol. The van der Waals surface area contributed by atoms with Gasteiger partial charge in [-0.2, -0.15) is 4.98 Å². The third-order valence-corrected chi connectivity index (χ3v) is 6.38. The summed E-state index contributed by atoms with van der Waals surface area (Å²) in [6.45, 7) is 2.67. The van der Waals surface area contributed by atoms with E-state index in [0.29, 0.717) is 0 Å². The largest absolute Gasteiger partial charge is 0.469 e. The first-order chi connectivity index (χ1) is 14.5. The van der Waals surface area contributed by atoms with Crippen molar-refractivity contribution < 1.29 is 33.8 Å². The van der Waals surface area contributed by atoms with Crippen molar-refractivity contribution in [2.75, 3.05) is 11.9 Å². The van der Waals surface area contributed by atoms with Gasteiger partial charge >= 0.3 is 7.82 Å². The zero-order valence-electron chi connectivity index (χ0n) is 16.3. The first-order valence-electron chi connectivity index (χ1n) is 9.02. The van der Waals surface area contributed by atoms with E-state index >= 15 is 0 Å². The maximum Gasteiger partial charge on any atom is 0.469 e. The van der Waals surface area contributed by atoms with Gasteiger partial charge in [-0.3, -0.25) is 18.9 Å². The van der Waals surface area contributed by atoms with Gasteiger partial charge in [0, 0.05) is 4.88 Å². The van der Waals surface area contributed by atoms with Gasteiger partial charge in [-0.15, -0.1) is 11.3 Å². The number of phosphoric ester groups is 1. The first kappa shape index (κ1) is 22.0. The quantitative estimate of drug-likeness (QED) is 0.267. The fraction of sp³-hybridized carbons (Fsp3) is 0.438. The lowest BCUT2D eigenvalue weighted by molar-refractivity contribution is -0.131. The van der Waals surface area contributed by atoms with Gasteiger partial charge in [0.25, 0.3) is 5.56 Å². The molecule has 4 atom stereocenters. The highest BCUT2D eigenvalue weighted by molar-refractivity contribution is 7.46. The van der Waals surface area contributed by atoms with Gasteiger partial charge in [-0.1, -0.05) is 0 Å². The molecule has 15 heteroatoms. The lowest BCUT2D eigenvalue weighted by Gasteiger charge is -2.29. The third kappa shape index (κ3) is 4.04. The van der Waals surface area contributed by atoms with E-state index in [1.807, 2.05) is 18.4 Å². The number of thiophene rings is 1. The lowest BCUT2D eigenvalue weighted by Crippen LogP contribution is -2.43. The Labute approximate surface area is 178 Å². The zero-order valence-corrected chi connectivity index (χ0v) is 18.0. The molecule has 0 saturated carbocycles. The number of phosphoric acid groups is 1. The molecule has 4 heterocycles. The molecule has 6 N–H and O–H groups in total. The van der Waals surface area contributed by atoms with Crippen molar-refractivity contribution in [2.24, 2.45) is 0 Å². The average Bonchev–Trinajstić information content (AvgIpc) is 3.35. The number of aryl methyl sites for hydroxylation is 1. The molecule has 1 saturated heterocycles. The Balaban J connectivity index is 1.70.